The van der Waals surface area contributed by atoms with Gasteiger partial charge in [-0.2, -0.15) is 0 Å². The third-order valence-corrected chi connectivity index (χ3v) is 4.71. The van der Waals surface area contributed by atoms with E-state index < -0.39 is 17.9 Å². The molecule has 0 bridgehead atoms. The molecular weight excluding hydrogens is 372 g/mol. The Morgan fingerprint density at radius 1 is 1.22 bits per heavy atom. The Hall–Kier alpha value is -2.65. The molecule has 0 fully saturated rings. The molecule has 0 aliphatic heterocycles. The Morgan fingerprint density at radius 2 is 1.96 bits per heavy atom. The van der Waals surface area contributed by atoms with Crippen molar-refractivity contribution in [3.63, 3.8) is 0 Å². The fourth-order valence-corrected chi connectivity index (χ4v) is 3.21. The molecule has 2 rings (SSSR count). The summed E-state index contributed by atoms with van der Waals surface area (Å²) in [6.45, 7) is 0.247. The number of rotatable bonds is 10. The van der Waals surface area contributed by atoms with E-state index in [2.05, 4.69) is 10.3 Å². The smallest absolute Gasteiger partial charge is 0.326 e. The summed E-state index contributed by atoms with van der Waals surface area (Å²) in [7, 11) is 4.60. The molecule has 1 aromatic heterocycles. The van der Waals surface area contributed by atoms with Crippen LogP contribution in [0.4, 0.5) is 0 Å². The number of aliphatic carboxylic acids is 1. The van der Waals surface area contributed by atoms with Crippen LogP contribution in [0.2, 0.25) is 0 Å². The van der Waals surface area contributed by atoms with Gasteiger partial charge < -0.3 is 24.6 Å². The number of amides is 1. The summed E-state index contributed by atoms with van der Waals surface area (Å²) in [5.41, 5.74) is 1.41. The van der Waals surface area contributed by atoms with E-state index in [0.717, 1.165) is 10.6 Å². The highest BCUT2D eigenvalue weighted by Gasteiger charge is 2.20. The lowest BCUT2D eigenvalue weighted by Gasteiger charge is -2.13. The van der Waals surface area contributed by atoms with Crippen LogP contribution in [0.15, 0.2) is 23.6 Å². The van der Waals surface area contributed by atoms with Gasteiger partial charge in [0.15, 0.2) is 11.5 Å². The van der Waals surface area contributed by atoms with Crippen molar-refractivity contribution >= 4 is 23.2 Å². The maximum absolute atomic E-state index is 12.1. The van der Waals surface area contributed by atoms with Crippen LogP contribution in [0.5, 0.6) is 11.5 Å². The van der Waals surface area contributed by atoms with Crippen LogP contribution >= 0.6 is 11.3 Å². The number of carboxylic acid groups (broad SMARTS) is 1. The van der Waals surface area contributed by atoms with E-state index in [4.69, 9.17) is 19.3 Å². The number of carboxylic acids is 1. The van der Waals surface area contributed by atoms with E-state index in [1.165, 1.54) is 18.4 Å². The van der Waals surface area contributed by atoms with E-state index in [0.29, 0.717) is 17.2 Å². The molecule has 0 aliphatic carbocycles. The van der Waals surface area contributed by atoms with Crippen molar-refractivity contribution in [3.8, 4) is 22.1 Å². The summed E-state index contributed by atoms with van der Waals surface area (Å²) in [5.74, 6) is -0.285. The van der Waals surface area contributed by atoms with Crippen LogP contribution in [-0.4, -0.2) is 55.9 Å². The Balaban J connectivity index is 2.05. The third kappa shape index (κ3) is 5.66. The zero-order valence-electron chi connectivity index (χ0n) is 15.4. The van der Waals surface area contributed by atoms with Gasteiger partial charge in [-0.3, -0.25) is 4.79 Å². The SMILES string of the molecule is COCCC(NC(=O)Cc1csc(-c2ccc(OC)c(OC)c2)n1)C(=O)O. The molecule has 9 heteroatoms. The average Bonchev–Trinajstić information content (AvgIpc) is 3.12. The number of benzene rings is 1. The standard InChI is InChI=1S/C18H22N2O6S/c1-24-7-6-13(18(22)23)20-16(21)9-12-10-27-17(19-12)11-4-5-14(25-2)15(8-11)26-3/h4-5,8,10,13H,6-7,9H2,1-3H3,(H,20,21)(H,22,23). The van der Waals surface area contributed by atoms with E-state index in [-0.39, 0.29) is 19.4 Å². The molecular formula is C18H22N2O6S. The lowest BCUT2D eigenvalue weighted by Crippen LogP contribution is -2.42. The summed E-state index contributed by atoms with van der Waals surface area (Å²) >= 11 is 1.39. The topological polar surface area (TPSA) is 107 Å². The summed E-state index contributed by atoms with van der Waals surface area (Å²) in [4.78, 5) is 27.8. The van der Waals surface area contributed by atoms with Gasteiger partial charge in [0.1, 0.15) is 11.0 Å². The summed E-state index contributed by atoms with van der Waals surface area (Å²) < 4.78 is 15.4. The lowest BCUT2D eigenvalue weighted by molar-refractivity contribution is -0.142. The minimum Gasteiger partial charge on any atom is -0.493 e. The van der Waals surface area contributed by atoms with E-state index >= 15 is 0 Å². The van der Waals surface area contributed by atoms with Crippen LogP contribution in [0.3, 0.4) is 0 Å². The monoisotopic (exact) mass is 394 g/mol. The van der Waals surface area contributed by atoms with Crippen molar-refractivity contribution < 1.29 is 28.9 Å². The first-order valence-corrected chi connectivity index (χ1v) is 9.04. The zero-order valence-corrected chi connectivity index (χ0v) is 16.2. The van der Waals surface area contributed by atoms with Crippen molar-refractivity contribution in [2.75, 3.05) is 27.9 Å². The van der Waals surface area contributed by atoms with Gasteiger partial charge in [0.05, 0.1) is 26.3 Å². The van der Waals surface area contributed by atoms with Crippen molar-refractivity contribution in [1.82, 2.24) is 10.3 Å². The minimum absolute atomic E-state index is 0.000547. The molecule has 0 saturated heterocycles. The van der Waals surface area contributed by atoms with E-state index in [9.17, 15) is 9.59 Å². The first kappa shape index (κ1) is 20.7. The predicted octanol–water partition coefficient (Wildman–Crippen LogP) is 1.98. The van der Waals surface area contributed by atoms with E-state index in [1.807, 2.05) is 12.1 Å². The molecule has 0 saturated carbocycles. The molecule has 0 aliphatic rings. The number of carbonyl (C=O) groups is 2. The average molecular weight is 394 g/mol. The molecule has 27 heavy (non-hydrogen) atoms. The fraction of sp³-hybridized carbons (Fsp3) is 0.389. The Morgan fingerprint density at radius 3 is 2.59 bits per heavy atom. The number of nitrogens with one attached hydrogen (secondary N) is 1. The molecule has 1 atom stereocenters. The molecule has 146 valence electrons. The minimum atomic E-state index is -1.09. The molecule has 1 aromatic carbocycles. The quantitative estimate of drug-likeness (QED) is 0.634. The highest BCUT2D eigenvalue weighted by Crippen LogP contribution is 2.33. The van der Waals surface area contributed by atoms with Gasteiger partial charge in [-0.25, -0.2) is 9.78 Å². The van der Waals surface area contributed by atoms with Crippen molar-refractivity contribution in [1.29, 1.82) is 0 Å². The number of nitrogens with zero attached hydrogens (tertiary/aromatic N) is 1. The molecule has 2 aromatic rings. The Kier molecular flexibility index (Phi) is 7.56. The van der Waals surface area contributed by atoms with Crippen LogP contribution in [-0.2, 0) is 20.7 Å². The number of hydrogen-bond donors (Lipinski definition) is 2. The fourth-order valence-electron chi connectivity index (χ4n) is 2.39. The van der Waals surface area contributed by atoms with Gasteiger partial charge in [-0.05, 0) is 18.2 Å². The first-order valence-electron chi connectivity index (χ1n) is 8.16. The van der Waals surface area contributed by atoms with Gasteiger partial charge in [-0.1, -0.05) is 0 Å². The number of ether oxygens (including phenoxy) is 3. The second-order valence-corrected chi connectivity index (χ2v) is 6.49. The Labute approximate surface area is 161 Å². The van der Waals surface area contributed by atoms with Crippen LogP contribution < -0.4 is 14.8 Å². The number of carbonyl (C=O) groups excluding carboxylic acids is 1. The molecule has 0 spiro atoms. The molecule has 0 radical (unpaired) electrons. The number of hydrogen-bond acceptors (Lipinski definition) is 7. The van der Waals surface area contributed by atoms with Crippen LogP contribution in [0, 0.1) is 0 Å². The van der Waals surface area contributed by atoms with Crippen LogP contribution in [0.25, 0.3) is 10.6 Å². The number of aromatic nitrogens is 1. The predicted molar refractivity (Wildman–Crippen MR) is 100 cm³/mol. The summed E-state index contributed by atoms with van der Waals surface area (Å²) in [6.07, 6.45) is 0.200. The summed E-state index contributed by atoms with van der Waals surface area (Å²) in [5, 5.41) is 14.1. The van der Waals surface area contributed by atoms with Gasteiger partial charge in [0.2, 0.25) is 5.91 Å². The second kappa shape index (κ2) is 9.89. The summed E-state index contributed by atoms with van der Waals surface area (Å²) in [6, 6.07) is 4.47. The number of methoxy groups -OCH3 is 3. The molecule has 1 amide bonds. The molecule has 2 N–H and O–H groups in total. The largest absolute Gasteiger partial charge is 0.493 e. The maximum Gasteiger partial charge on any atom is 0.326 e. The van der Waals surface area contributed by atoms with Crippen LogP contribution in [0.1, 0.15) is 12.1 Å². The van der Waals surface area contributed by atoms with Gasteiger partial charge in [0, 0.05) is 31.1 Å². The molecule has 1 unspecified atom stereocenters. The highest BCUT2D eigenvalue weighted by molar-refractivity contribution is 7.13. The number of thiazole rings is 1. The second-order valence-electron chi connectivity index (χ2n) is 5.63. The van der Waals surface area contributed by atoms with Gasteiger partial charge >= 0.3 is 5.97 Å². The first-order chi connectivity index (χ1) is 13.0. The normalized spacial score (nSPS) is 11.7. The van der Waals surface area contributed by atoms with Gasteiger partial charge in [0.25, 0.3) is 0 Å². The molecule has 1 heterocycles. The Bertz CT molecular complexity index is 792. The van der Waals surface area contributed by atoms with Crippen molar-refractivity contribution in [3.05, 3.63) is 29.3 Å². The molecule has 8 nitrogen and oxygen atoms in total. The highest BCUT2D eigenvalue weighted by atomic mass is 32.1. The van der Waals surface area contributed by atoms with Crippen molar-refractivity contribution in [2.45, 2.75) is 18.9 Å². The maximum atomic E-state index is 12.1. The zero-order chi connectivity index (χ0) is 19.8. The van der Waals surface area contributed by atoms with Gasteiger partial charge in [-0.15, -0.1) is 11.3 Å². The van der Waals surface area contributed by atoms with E-state index in [1.54, 1.807) is 25.7 Å². The lowest BCUT2D eigenvalue weighted by atomic mass is 10.2. The van der Waals surface area contributed by atoms with Crippen molar-refractivity contribution in [2.24, 2.45) is 0 Å². The third-order valence-electron chi connectivity index (χ3n) is 3.77.